The maximum Gasteiger partial charge on any atom is 0.149 e. The minimum atomic E-state index is -0.298. The van der Waals surface area contributed by atoms with Gasteiger partial charge in [-0.3, -0.25) is 9.55 Å². The third-order valence-corrected chi connectivity index (χ3v) is 10.9. The van der Waals surface area contributed by atoms with Crippen LogP contribution in [0.15, 0.2) is 121 Å². The number of rotatable bonds is 5. The number of aromatic hydroxyl groups is 1. The highest BCUT2D eigenvalue weighted by Gasteiger charge is 2.30. The number of aromatic nitrogens is 3. The monoisotopic (exact) mass is 739 g/mol. The van der Waals surface area contributed by atoms with Gasteiger partial charge in [0.25, 0.3) is 0 Å². The molecule has 7 aromatic rings. The van der Waals surface area contributed by atoms with Crippen molar-refractivity contribution in [2.45, 2.75) is 105 Å². The van der Waals surface area contributed by atoms with Crippen LogP contribution in [-0.4, -0.2) is 19.6 Å². The lowest BCUT2D eigenvalue weighted by Crippen LogP contribution is -2.18. The Morgan fingerprint density at radius 3 is 1.66 bits per heavy atom. The molecule has 2 heterocycles. The standard InChI is InChI=1S/C52H57N3O/c1-49(2,3)37-28-38(50(4,5)6)30-40(29-37)55-45-23-18-21-41(35-25-34(33-19-14-13-15-20-33)26-36(27-35)44-22-16-17-24-53-44)46(45)54-48(55)42-31-39(51(7,8)9)32-43(47(42)56)52(10,11)12/h13-32,56H,1-12H3. The normalized spacial score (nSPS) is 12.7. The van der Waals surface area contributed by atoms with Gasteiger partial charge in [-0.15, -0.1) is 0 Å². The van der Waals surface area contributed by atoms with Crippen molar-refractivity contribution >= 4 is 11.0 Å². The summed E-state index contributed by atoms with van der Waals surface area (Å²) in [6.07, 6.45) is 1.85. The molecule has 0 aliphatic heterocycles. The van der Waals surface area contributed by atoms with Crippen LogP contribution in [0.2, 0.25) is 0 Å². The molecule has 286 valence electrons. The van der Waals surface area contributed by atoms with Crippen molar-refractivity contribution in [2.24, 2.45) is 0 Å². The molecule has 0 bridgehead atoms. The molecule has 0 saturated heterocycles. The third-order valence-electron chi connectivity index (χ3n) is 10.9. The van der Waals surface area contributed by atoms with E-state index in [-0.39, 0.29) is 27.4 Å². The van der Waals surface area contributed by atoms with Crippen LogP contribution in [0.25, 0.3) is 61.6 Å². The van der Waals surface area contributed by atoms with E-state index in [1.807, 2.05) is 18.3 Å². The highest BCUT2D eigenvalue weighted by atomic mass is 16.3. The predicted octanol–water partition coefficient (Wildman–Crippen LogP) is 14.0. The summed E-state index contributed by atoms with van der Waals surface area (Å²) in [4.78, 5) is 10.4. The van der Waals surface area contributed by atoms with Crippen molar-refractivity contribution < 1.29 is 5.11 Å². The van der Waals surface area contributed by atoms with Crippen LogP contribution in [0.5, 0.6) is 5.75 Å². The number of benzene rings is 5. The van der Waals surface area contributed by atoms with Gasteiger partial charge in [-0.1, -0.05) is 144 Å². The molecule has 5 aromatic carbocycles. The number of nitrogens with zero attached hydrogens (tertiary/aromatic N) is 3. The smallest absolute Gasteiger partial charge is 0.149 e. The highest BCUT2D eigenvalue weighted by molar-refractivity contribution is 5.97. The molecule has 4 nitrogen and oxygen atoms in total. The Kier molecular flexibility index (Phi) is 9.64. The molecule has 0 aliphatic carbocycles. The molecule has 0 spiro atoms. The van der Waals surface area contributed by atoms with Crippen molar-refractivity contribution in [3.05, 3.63) is 144 Å². The summed E-state index contributed by atoms with van der Waals surface area (Å²) in [5.41, 5.74) is 13.8. The van der Waals surface area contributed by atoms with Gasteiger partial charge in [-0.25, -0.2) is 4.98 Å². The molecule has 0 fully saturated rings. The van der Waals surface area contributed by atoms with Gasteiger partial charge in [0.15, 0.2) is 0 Å². The van der Waals surface area contributed by atoms with Gasteiger partial charge >= 0.3 is 0 Å². The average molecular weight is 740 g/mol. The van der Waals surface area contributed by atoms with Gasteiger partial charge in [-0.2, -0.15) is 0 Å². The van der Waals surface area contributed by atoms with E-state index in [2.05, 4.69) is 191 Å². The molecule has 0 aliphatic rings. The summed E-state index contributed by atoms with van der Waals surface area (Å²) < 4.78 is 2.29. The number of hydrogen-bond acceptors (Lipinski definition) is 3. The number of pyridine rings is 1. The summed E-state index contributed by atoms with van der Waals surface area (Å²) >= 11 is 0. The maximum atomic E-state index is 12.4. The average Bonchev–Trinajstić information content (AvgIpc) is 3.53. The van der Waals surface area contributed by atoms with Crippen LogP contribution in [-0.2, 0) is 21.7 Å². The van der Waals surface area contributed by atoms with E-state index in [4.69, 9.17) is 9.97 Å². The number of imidazole rings is 1. The number of fused-ring (bicyclic) bond motifs is 1. The van der Waals surface area contributed by atoms with Crippen LogP contribution < -0.4 is 0 Å². The molecule has 56 heavy (non-hydrogen) atoms. The Labute approximate surface area is 334 Å². The lowest BCUT2D eigenvalue weighted by Gasteiger charge is -2.28. The Bertz CT molecular complexity index is 2460. The number of phenolic OH excluding ortho intramolecular Hbond substituents is 1. The summed E-state index contributed by atoms with van der Waals surface area (Å²) in [5.74, 6) is 0.992. The van der Waals surface area contributed by atoms with E-state index in [1.54, 1.807) is 0 Å². The topological polar surface area (TPSA) is 50.9 Å². The van der Waals surface area contributed by atoms with Gasteiger partial charge in [0.05, 0.1) is 22.3 Å². The molecule has 2 aromatic heterocycles. The zero-order valence-electron chi connectivity index (χ0n) is 35.3. The van der Waals surface area contributed by atoms with Gasteiger partial charge < -0.3 is 5.11 Å². The Morgan fingerprint density at radius 2 is 1.07 bits per heavy atom. The lowest BCUT2D eigenvalue weighted by molar-refractivity contribution is 0.446. The van der Waals surface area contributed by atoms with Gasteiger partial charge in [0.2, 0.25) is 0 Å². The minimum absolute atomic E-state index is 0.0921. The largest absolute Gasteiger partial charge is 0.507 e. The lowest BCUT2D eigenvalue weighted by atomic mass is 9.78. The van der Waals surface area contributed by atoms with Crippen molar-refractivity contribution in [2.75, 3.05) is 0 Å². The third kappa shape index (κ3) is 7.54. The molecule has 1 N–H and O–H groups in total. The van der Waals surface area contributed by atoms with E-state index in [9.17, 15) is 5.11 Å². The van der Waals surface area contributed by atoms with E-state index in [1.165, 1.54) is 11.1 Å². The molecular formula is C52H57N3O. The van der Waals surface area contributed by atoms with E-state index in [0.29, 0.717) is 0 Å². The maximum absolute atomic E-state index is 12.4. The van der Waals surface area contributed by atoms with E-state index < -0.39 is 0 Å². The first kappa shape index (κ1) is 38.8. The number of para-hydroxylation sites is 1. The summed E-state index contributed by atoms with van der Waals surface area (Å²) in [7, 11) is 0. The van der Waals surface area contributed by atoms with Crippen molar-refractivity contribution in [1.29, 1.82) is 0 Å². The van der Waals surface area contributed by atoms with Crippen LogP contribution in [0, 0.1) is 0 Å². The molecule has 7 rings (SSSR count). The first-order valence-electron chi connectivity index (χ1n) is 19.9. The van der Waals surface area contributed by atoms with E-state index in [0.717, 1.165) is 72.7 Å². The van der Waals surface area contributed by atoms with Gasteiger partial charge in [0.1, 0.15) is 11.6 Å². The Balaban J connectivity index is 1.62. The van der Waals surface area contributed by atoms with Crippen LogP contribution >= 0.6 is 0 Å². The first-order chi connectivity index (χ1) is 26.2. The zero-order chi connectivity index (χ0) is 40.4. The molecule has 0 amide bonds. The predicted molar refractivity (Wildman–Crippen MR) is 237 cm³/mol. The van der Waals surface area contributed by atoms with Gasteiger partial charge in [0, 0.05) is 28.6 Å². The van der Waals surface area contributed by atoms with Crippen molar-refractivity contribution in [3.8, 4) is 56.3 Å². The summed E-state index contributed by atoms with van der Waals surface area (Å²) in [6.45, 7) is 26.9. The number of hydrogen-bond donors (Lipinski definition) is 1. The van der Waals surface area contributed by atoms with Crippen LogP contribution in [0.3, 0.4) is 0 Å². The second-order valence-electron chi connectivity index (χ2n) is 19.5. The molecule has 4 heteroatoms. The Hall–Kier alpha value is -5.48. The van der Waals surface area contributed by atoms with Crippen molar-refractivity contribution in [3.63, 3.8) is 0 Å². The van der Waals surface area contributed by atoms with Crippen molar-refractivity contribution in [1.82, 2.24) is 14.5 Å². The fourth-order valence-electron chi connectivity index (χ4n) is 7.45. The zero-order valence-corrected chi connectivity index (χ0v) is 35.3. The number of phenols is 1. The summed E-state index contributed by atoms with van der Waals surface area (Å²) in [6, 6.07) is 41.1. The highest BCUT2D eigenvalue weighted by Crippen LogP contribution is 2.45. The molecule has 0 unspecified atom stereocenters. The SMILES string of the molecule is CC(C)(C)c1cc(-n2c(-c3cc(C(C)(C)C)cc(C(C)(C)C)c3O)nc3c(-c4cc(-c5ccccc5)cc(-c5ccccn5)c4)cccc32)cc(C(C)(C)C)c1. The fraction of sp³-hybridized carbons (Fsp3) is 0.308. The summed E-state index contributed by atoms with van der Waals surface area (Å²) in [5, 5.41) is 12.4. The minimum Gasteiger partial charge on any atom is -0.507 e. The first-order valence-corrected chi connectivity index (χ1v) is 19.9. The van der Waals surface area contributed by atoms with Gasteiger partial charge in [-0.05, 0) is 110 Å². The second kappa shape index (κ2) is 13.9. The second-order valence-corrected chi connectivity index (χ2v) is 19.5. The van der Waals surface area contributed by atoms with Crippen LogP contribution in [0.4, 0.5) is 0 Å². The van der Waals surface area contributed by atoms with E-state index >= 15 is 0 Å². The fourth-order valence-corrected chi connectivity index (χ4v) is 7.45. The molecular weight excluding hydrogens is 683 g/mol. The molecule has 0 atom stereocenters. The van der Waals surface area contributed by atoms with Crippen LogP contribution in [0.1, 0.15) is 105 Å². The Morgan fingerprint density at radius 1 is 0.482 bits per heavy atom. The molecule has 0 radical (unpaired) electrons. The quantitative estimate of drug-likeness (QED) is 0.191. The molecule has 0 saturated carbocycles.